The summed E-state index contributed by atoms with van der Waals surface area (Å²) in [4.78, 5) is 4.18. The summed E-state index contributed by atoms with van der Waals surface area (Å²) in [6.45, 7) is 1.84. The molecule has 0 bridgehead atoms. The van der Waals surface area contributed by atoms with Crippen LogP contribution in [0.15, 0.2) is 18.2 Å². The predicted octanol–water partition coefficient (Wildman–Crippen LogP) is 3.09. The minimum Gasteiger partial charge on any atom is -0.263 e. The van der Waals surface area contributed by atoms with Crippen molar-refractivity contribution in [1.82, 2.24) is 15.2 Å². The average Bonchev–Trinajstić information content (AvgIpc) is 2.50. The number of aryl methyl sites for hydroxylation is 1. The van der Waals surface area contributed by atoms with Gasteiger partial charge in [-0.1, -0.05) is 23.2 Å². The first-order valence-electron chi connectivity index (χ1n) is 4.00. The minimum absolute atomic E-state index is 0.579. The molecule has 0 spiro atoms. The second kappa shape index (κ2) is 3.59. The van der Waals surface area contributed by atoms with E-state index in [0.29, 0.717) is 15.9 Å². The van der Waals surface area contributed by atoms with Crippen LogP contribution in [0.2, 0.25) is 10.0 Å². The molecule has 0 fully saturated rings. The van der Waals surface area contributed by atoms with E-state index in [1.165, 1.54) is 0 Å². The van der Waals surface area contributed by atoms with Crippen LogP contribution in [0.25, 0.3) is 11.4 Å². The summed E-state index contributed by atoms with van der Waals surface area (Å²) in [7, 11) is 0. The zero-order chi connectivity index (χ0) is 10.1. The van der Waals surface area contributed by atoms with E-state index in [1.807, 2.05) is 6.92 Å². The highest BCUT2D eigenvalue weighted by atomic mass is 35.5. The SMILES string of the molecule is Cc1nc(-c2cc(Cl)cc(Cl)c2)n[nH]1. The first kappa shape index (κ1) is 9.49. The third-order valence-electron chi connectivity index (χ3n) is 1.72. The van der Waals surface area contributed by atoms with Crippen LogP contribution in [0.4, 0.5) is 0 Å². The minimum atomic E-state index is 0.579. The van der Waals surface area contributed by atoms with Gasteiger partial charge in [-0.3, -0.25) is 5.10 Å². The van der Waals surface area contributed by atoms with Crippen LogP contribution in [0.1, 0.15) is 5.82 Å². The Kier molecular flexibility index (Phi) is 2.44. The molecule has 1 N–H and O–H groups in total. The van der Waals surface area contributed by atoms with Gasteiger partial charge in [-0.25, -0.2) is 4.98 Å². The van der Waals surface area contributed by atoms with Gasteiger partial charge in [0.2, 0.25) is 0 Å². The number of rotatable bonds is 1. The Morgan fingerprint density at radius 2 is 1.79 bits per heavy atom. The molecule has 0 amide bonds. The Hall–Kier alpha value is -1.06. The fourth-order valence-corrected chi connectivity index (χ4v) is 1.68. The monoisotopic (exact) mass is 227 g/mol. The number of aromatic amines is 1. The maximum absolute atomic E-state index is 5.86. The molecule has 1 aromatic heterocycles. The Morgan fingerprint density at radius 3 is 2.29 bits per heavy atom. The third-order valence-corrected chi connectivity index (χ3v) is 2.15. The number of H-pyrrole nitrogens is 1. The molecule has 72 valence electrons. The summed E-state index contributed by atoms with van der Waals surface area (Å²) in [5.41, 5.74) is 0.812. The van der Waals surface area contributed by atoms with E-state index in [1.54, 1.807) is 18.2 Å². The van der Waals surface area contributed by atoms with Crippen LogP contribution in [0.5, 0.6) is 0 Å². The van der Waals surface area contributed by atoms with E-state index in [2.05, 4.69) is 15.2 Å². The highest BCUT2D eigenvalue weighted by Crippen LogP contribution is 2.24. The average molecular weight is 228 g/mol. The van der Waals surface area contributed by atoms with Gasteiger partial charge < -0.3 is 0 Å². The van der Waals surface area contributed by atoms with Gasteiger partial charge in [-0.2, -0.15) is 5.10 Å². The molecule has 0 aliphatic rings. The third kappa shape index (κ3) is 1.89. The molecule has 0 radical (unpaired) electrons. The van der Waals surface area contributed by atoms with E-state index >= 15 is 0 Å². The van der Waals surface area contributed by atoms with Crippen molar-refractivity contribution < 1.29 is 0 Å². The lowest BCUT2D eigenvalue weighted by Gasteiger charge is -1.97. The zero-order valence-corrected chi connectivity index (χ0v) is 8.89. The standard InChI is InChI=1S/C9H7Cl2N3/c1-5-12-9(14-13-5)6-2-7(10)4-8(11)3-6/h2-4H,1H3,(H,12,13,14). The zero-order valence-electron chi connectivity index (χ0n) is 7.38. The molecule has 1 aromatic carbocycles. The first-order chi connectivity index (χ1) is 6.65. The largest absolute Gasteiger partial charge is 0.263 e. The van der Waals surface area contributed by atoms with Gasteiger partial charge in [-0.15, -0.1) is 0 Å². The predicted molar refractivity (Wildman–Crippen MR) is 56.6 cm³/mol. The van der Waals surface area contributed by atoms with Crippen LogP contribution in [-0.2, 0) is 0 Å². The highest BCUT2D eigenvalue weighted by Gasteiger charge is 2.05. The molecule has 0 aliphatic heterocycles. The van der Waals surface area contributed by atoms with Crippen LogP contribution in [0, 0.1) is 6.92 Å². The molecule has 5 heteroatoms. The van der Waals surface area contributed by atoms with Gasteiger partial charge in [0.05, 0.1) is 0 Å². The molecular formula is C9H7Cl2N3. The van der Waals surface area contributed by atoms with Crippen LogP contribution in [-0.4, -0.2) is 15.2 Å². The fourth-order valence-electron chi connectivity index (χ4n) is 1.15. The molecule has 2 aromatic rings. The molecule has 0 atom stereocenters. The second-order valence-electron chi connectivity index (χ2n) is 2.90. The summed E-state index contributed by atoms with van der Waals surface area (Å²) in [5.74, 6) is 1.36. The van der Waals surface area contributed by atoms with E-state index in [4.69, 9.17) is 23.2 Å². The topological polar surface area (TPSA) is 41.6 Å². The number of hydrogen-bond donors (Lipinski definition) is 1. The Labute approximate surface area is 91.1 Å². The van der Waals surface area contributed by atoms with Gasteiger partial charge in [-0.05, 0) is 25.1 Å². The maximum atomic E-state index is 5.86. The normalized spacial score (nSPS) is 10.5. The number of hydrogen-bond acceptors (Lipinski definition) is 2. The lowest BCUT2D eigenvalue weighted by Crippen LogP contribution is -1.81. The Morgan fingerprint density at radius 1 is 1.14 bits per heavy atom. The van der Waals surface area contributed by atoms with Crippen LogP contribution < -0.4 is 0 Å². The number of halogens is 2. The van der Waals surface area contributed by atoms with Crippen molar-refractivity contribution in [1.29, 1.82) is 0 Å². The van der Waals surface area contributed by atoms with Gasteiger partial charge in [0, 0.05) is 15.6 Å². The lowest BCUT2D eigenvalue weighted by molar-refractivity contribution is 1.04. The van der Waals surface area contributed by atoms with Gasteiger partial charge in [0.1, 0.15) is 5.82 Å². The van der Waals surface area contributed by atoms with Crippen LogP contribution in [0.3, 0.4) is 0 Å². The number of nitrogens with one attached hydrogen (secondary N) is 1. The van der Waals surface area contributed by atoms with Gasteiger partial charge >= 0.3 is 0 Å². The Bertz CT molecular complexity index is 445. The molecule has 0 saturated heterocycles. The highest BCUT2D eigenvalue weighted by molar-refractivity contribution is 6.35. The van der Waals surface area contributed by atoms with Gasteiger partial charge in [0.15, 0.2) is 5.82 Å². The second-order valence-corrected chi connectivity index (χ2v) is 3.78. The number of nitrogens with zero attached hydrogens (tertiary/aromatic N) is 2. The van der Waals surface area contributed by atoms with E-state index in [9.17, 15) is 0 Å². The fraction of sp³-hybridized carbons (Fsp3) is 0.111. The maximum Gasteiger partial charge on any atom is 0.181 e. The van der Waals surface area contributed by atoms with E-state index in [-0.39, 0.29) is 0 Å². The van der Waals surface area contributed by atoms with Crippen molar-refractivity contribution in [3.8, 4) is 11.4 Å². The molecule has 3 nitrogen and oxygen atoms in total. The van der Waals surface area contributed by atoms with Crippen molar-refractivity contribution in [3.63, 3.8) is 0 Å². The van der Waals surface area contributed by atoms with Crippen molar-refractivity contribution >= 4 is 23.2 Å². The summed E-state index contributed by atoms with van der Waals surface area (Å²) >= 11 is 11.7. The van der Waals surface area contributed by atoms with Gasteiger partial charge in [0.25, 0.3) is 0 Å². The number of benzene rings is 1. The van der Waals surface area contributed by atoms with Crippen molar-refractivity contribution in [2.75, 3.05) is 0 Å². The molecule has 0 unspecified atom stereocenters. The molecule has 0 saturated carbocycles. The summed E-state index contributed by atoms with van der Waals surface area (Å²) < 4.78 is 0. The van der Waals surface area contributed by atoms with E-state index in [0.717, 1.165) is 11.4 Å². The summed E-state index contributed by atoms with van der Waals surface area (Å²) in [5, 5.41) is 7.93. The quantitative estimate of drug-likeness (QED) is 0.814. The van der Waals surface area contributed by atoms with Crippen molar-refractivity contribution in [2.45, 2.75) is 6.92 Å². The molecule has 2 rings (SSSR count). The summed E-state index contributed by atoms with van der Waals surface area (Å²) in [6, 6.07) is 5.22. The Balaban J connectivity index is 2.51. The smallest absolute Gasteiger partial charge is 0.181 e. The first-order valence-corrected chi connectivity index (χ1v) is 4.76. The lowest BCUT2D eigenvalue weighted by atomic mass is 10.2. The van der Waals surface area contributed by atoms with Crippen LogP contribution >= 0.6 is 23.2 Å². The molecule has 14 heavy (non-hydrogen) atoms. The summed E-state index contributed by atoms with van der Waals surface area (Å²) in [6.07, 6.45) is 0. The molecular weight excluding hydrogens is 221 g/mol. The van der Waals surface area contributed by atoms with E-state index < -0.39 is 0 Å². The molecule has 0 aliphatic carbocycles. The number of aromatic nitrogens is 3. The molecule has 1 heterocycles. The van der Waals surface area contributed by atoms with Crippen molar-refractivity contribution in [3.05, 3.63) is 34.1 Å². The van der Waals surface area contributed by atoms with Crippen molar-refractivity contribution in [2.24, 2.45) is 0 Å².